The highest BCUT2D eigenvalue weighted by molar-refractivity contribution is 9.10. The average molecular weight is 469 g/mol. The third-order valence-electron chi connectivity index (χ3n) is 3.68. The third-order valence-corrected chi connectivity index (χ3v) is 5.40. The lowest BCUT2D eigenvalue weighted by Crippen LogP contribution is -2.05. The summed E-state index contributed by atoms with van der Waals surface area (Å²) in [6.07, 6.45) is 0. The zero-order chi connectivity index (χ0) is 19.4. The van der Waals surface area contributed by atoms with Crippen molar-refractivity contribution in [2.24, 2.45) is 0 Å². The van der Waals surface area contributed by atoms with Crippen LogP contribution in [-0.2, 0) is 9.53 Å². The molecule has 0 N–H and O–H groups in total. The summed E-state index contributed by atoms with van der Waals surface area (Å²) in [5.41, 5.74) is 1.64. The van der Waals surface area contributed by atoms with Crippen LogP contribution >= 0.6 is 39.3 Å². The number of carbonyl (C=O) groups is 1. The lowest BCUT2D eigenvalue weighted by Gasteiger charge is -2.12. The number of benzene rings is 2. The van der Waals surface area contributed by atoms with Gasteiger partial charge in [-0.3, -0.25) is 9.36 Å². The second-order valence-corrected chi connectivity index (χ2v) is 7.60. The van der Waals surface area contributed by atoms with Crippen molar-refractivity contribution >= 4 is 45.3 Å². The van der Waals surface area contributed by atoms with Crippen LogP contribution in [0.15, 0.2) is 52.1 Å². The molecule has 0 aliphatic heterocycles. The summed E-state index contributed by atoms with van der Waals surface area (Å²) in [6.45, 7) is 0. The summed E-state index contributed by atoms with van der Waals surface area (Å²) in [7, 11) is 2.91. The Morgan fingerprint density at radius 3 is 2.56 bits per heavy atom. The van der Waals surface area contributed by atoms with Crippen LogP contribution in [0.25, 0.3) is 17.1 Å². The molecule has 140 valence electrons. The molecular weight excluding hydrogens is 454 g/mol. The molecular formula is C18H15BrClN3O3S. The summed E-state index contributed by atoms with van der Waals surface area (Å²) >= 11 is 11.0. The molecule has 0 spiro atoms. The number of ether oxygens (including phenoxy) is 2. The number of hydrogen-bond acceptors (Lipinski definition) is 6. The van der Waals surface area contributed by atoms with Crippen LogP contribution in [-0.4, -0.2) is 40.7 Å². The maximum atomic E-state index is 11.5. The van der Waals surface area contributed by atoms with E-state index in [4.69, 9.17) is 21.1 Å². The first-order chi connectivity index (χ1) is 13.0. The largest absolute Gasteiger partial charge is 0.495 e. The van der Waals surface area contributed by atoms with Crippen molar-refractivity contribution in [2.45, 2.75) is 5.16 Å². The average Bonchev–Trinajstić information content (AvgIpc) is 3.10. The minimum absolute atomic E-state index is 0.124. The molecule has 0 atom stereocenters. The predicted molar refractivity (Wildman–Crippen MR) is 109 cm³/mol. The van der Waals surface area contributed by atoms with Gasteiger partial charge in [0.2, 0.25) is 0 Å². The number of esters is 1. The third kappa shape index (κ3) is 4.45. The molecule has 0 radical (unpaired) electrons. The Morgan fingerprint density at radius 2 is 1.93 bits per heavy atom. The number of hydrogen-bond donors (Lipinski definition) is 0. The Labute approximate surface area is 174 Å². The lowest BCUT2D eigenvalue weighted by molar-refractivity contribution is -0.137. The predicted octanol–water partition coefficient (Wildman–Crippen LogP) is 4.62. The molecule has 9 heteroatoms. The summed E-state index contributed by atoms with van der Waals surface area (Å²) < 4.78 is 12.7. The second-order valence-electron chi connectivity index (χ2n) is 5.33. The van der Waals surface area contributed by atoms with Crippen LogP contribution < -0.4 is 4.74 Å². The zero-order valence-electron chi connectivity index (χ0n) is 14.5. The molecule has 0 saturated heterocycles. The Morgan fingerprint density at radius 1 is 1.19 bits per heavy atom. The van der Waals surface area contributed by atoms with Gasteiger partial charge in [0.05, 0.1) is 30.7 Å². The van der Waals surface area contributed by atoms with E-state index in [0.717, 1.165) is 15.7 Å². The first-order valence-electron chi connectivity index (χ1n) is 7.78. The molecule has 2 aromatic carbocycles. The molecule has 1 aromatic heterocycles. The molecule has 27 heavy (non-hydrogen) atoms. The highest BCUT2D eigenvalue weighted by Gasteiger charge is 2.18. The molecule has 0 bridgehead atoms. The number of rotatable bonds is 6. The molecule has 6 nitrogen and oxygen atoms in total. The van der Waals surface area contributed by atoms with E-state index in [0.29, 0.717) is 21.8 Å². The van der Waals surface area contributed by atoms with Gasteiger partial charge in [-0.1, -0.05) is 51.4 Å². The van der Waals surface area contributed by atoms with Crippen molar-refractivity contribution < 1.29 is 14.3 Å². The van der Waals surface area contributed by atoms with Crippen LogP contribution in [0.1, 0.15) is 0 Å². The van der Waals surface area contributed by atoms with Gasteiger partial charge in [-0.2, -0.15) is 0 Å². The summed E-state index contributed by atoms with van der Waals surface area (Å²) in [5.74, 6) is 0.991. The quantitative estimate of drug-likeness (QED) is 0.388. The topological polar surface area (TPSA) is 66.2 Å². The smallest absolute Gasteiger partial charge is 0.316 e. The van der Waals surface area contributed by atoms with E-state index in [1.165, 1.54) is 18.9 Å². The van der Waals surface area contributed by atoms with Gasteiger partial charge in [0.15, 0.2) is 11.0 Å². The molecule has 3 rings (SSSR count). The monoisotopic (exact) mass is 467 g/mol. The molecule has 0 amide bonds. The molecule has 1 heterocycles. The number of methoxy groups -OCH3 is 2. The minimum Gasteiger partial charge on any atom is -0.495 e. The Balaban J connectivity index is 2.09. The summed E-state index contributed by atoms with van der Waals surface area (Å²) in [5, 5.41) is 9.59. The van der Waals surface area contributed by atoms with Gasteiger partial charge in [-0.05, 0) is 30.3 Å². The molecule has 0 unspecified atom stereocenters. The van der Waals surface area contributed by atoms with Crippen molar-refractivity contribution in [1.82, 2.24) is 14.8 Å². The van der Waals surface area contributed by atoms with Crippen molar-refractivity contribution in [2.75, 3.05) is 20.0 Å². The Kier molecular flexibility index (Phi) is 6.41. The van der Waals surface area contributed by atoms with Gasteiger partial charge >= 0.3 is 5.97 Å². The van der Waals surface area contributed by atoms with Crippen LogP contribution in [0, 0.1) is 0 Å². The van der Waals surface area contributed by atoms with E-state index >= 15 is 0 Å². The van der Waals surface area contributed by atoms with E-state index in [-0.39, 0.29) is 11.7 Å². The fraction of sp³-hybridized carbons (Fsp3) is 0.167. The minimum atomic E-state index is -0.340. The molecule has 0 aliphatic carbocycles. The fourth-order valence-corrected chi connectivity index (χ4v) is 3.66. The second kappa shape index (κ2) is 8.77. The number of aromatic nitrogens is 3. The standard InChI is InChI=1S/C18H15BrClN3O3S/c1-25-15-8-7-13(9-14(15)20)23-17(11-3-5-12(19)6-4-11)21-22-18(23)27-10-16(24)26-2/h3-9H,10H2,1-2H3. The van der Waals surface area contributed by atoms with E-state index in [2.05, 4.69) is 26.1 Å². The van der Waals surface area contributed by atoms with Gasteiger partial charge in [0, 0.05) is 10.0 Å². The van der Waals surface area contributed by atoms with E-state index < -0.39 is 0 Å². The first kappa shape index (κ1) is 19.7. The maximum Gasteiger partial charge on any atom is 0.316 e. The molecule has 0 aliphatic rings. The van der Waals surface area contributed by atoms with E-state index in [1.54, 1.807) is 19.2 Å². The van der Waals surface area contributed by atoms with Crippen LogP contribution in [0.5, 0.6) is 5.75 Å². The summed E-state index contributed by atoms with van der Waals surface area (Å²) in [4.78, 5) is 11.5. The van der Waals surface area contributed by atoms with Crippen molar-refractivity contribution in [3.8, 4) is 22.8 Å². The zero-order valence-corrected chi connectivity index (χ0v) is 17.6. The van der Waals surface area contributed by atoms with E-state index in [1.807, 2.05) is 34.9 Å². The van der Waals surface area contributed by atoms with E-state index in [9.17, 15) is 4.79 Å². The fourth-order valence-electron chi connectivity index (χ4n) is 2.36. The van der Waals surface area contributed by atoms with Crippen LogP contribution in [0.4, 0.5) is 0 Å². The number of halogens is 2. The normalized spacial score (nSPS) is 10.7. The Bertz CT molecular complexity index is 963. The van der Waals surface area contributed by atoms with Gasteiger partial charge in [0.1, 0.15) is 5.75 Å². The first-order valence-corrected chi connectivity index (χ1v) is 9.94. The Hall–Kier alpha value is -2.03. The van der Waals surface area contributed by atoms with Crippen molar-refractivity contribution in [3.63, 3.8) is 0 Å². The number of carbonyl (C=O) groups excluding carboxylic acids is 1. The SMILES string of the molecule is COC(=O)CSc1nnc(-c2ccc(Br)cc2)n1-c1ccc(OC)c(Cl)c1. The van der Waals surface area contributed by atoms with Crippen LogP contribution in [0.3, 0.4) is 0 Å². The summed E-state index contributed by atoms with van der Waals surface area (Å²) in [6, 6.07) is 13.1. The van der Waals surface area contributed by atoms with Crippen LogP contribution in [0.2, 0.25) is 5.02 Å². The van der Waals surface area contributed by atoms with Crippen molar-refractivity contribution in [3.05, 3.63) is 52.0 Å². The highest BCUT2D eigenvalue weighted by Crippen LogP contribution is 2.32. The highest BCUT2D eigenvalue weighted by atomic mass is 79.9. The molecule has 3 aromatic rings. The van der Waals surface area contributed by atoms with Gasteiger partial charge in [0.25, 0.3) is 0 Å². The lowest BCUT2D eigenvalue weighted by atomic mass is 10.2. The molecule has 0 saturated carbocycles. The van der Waals surface area contributed by atoms with Gasteiger partial charge in [-0.15, -0.1) is 10.2 Å². The number of nitrogens with zero attached hydrogens (tertiary/aromatic N) is 3. The van der Waals surface area contributed by atoms with Crippen molar-refractivity contribution in [1.29, 1.82) is 0 Å². The van der Waals surface area contributed by atoms with Gasteiger partial charge < -0.3 is 9.47 Å². The number of thioether (sulfide) groups is 1. The van der Waals surface area contributed by atoms with Gasteiger partial charge in [-0.25, -0.2) is 0 Å². The molecule has 0 fully saturated rings. The maximum absolute atomic E-state index is 11.5.